The minimum absolute atomic E-state index is 0.0165. The van der Waals surface area contributed by atoms with Crippen molar-refractivity contribution in [2.24, 2.45) is 0 Å². The van der Waals surface area contributed by atoms with E-state index in [9.17, 15) is 4.79 Å². The molecule has 0 atom stereocenters. The number of rotatable bonds is 3. The van der Waals surface area contributed by atoms with Gasteiger partial charge in [0.15, 0.2) is 0 Å². The first-order valence-electron chi connectivity index (χ1n) is 20.4. The topological polar surface area (TPSA) is 44.5 Å². The number of hydrogen-bond acceptors (Lipinski definition) is 2. The summed E-state index contributed by atoms with van der Waals surface area (Å²) in [6.45, 7) is 0. The molecule has 0 unspecified atom stereocenters. The Bertz CT molecular complexity index is 4200. The SMILES string of the molecule is O=c1c2ccccc2c2cc(-c3ccc4c(c3)oc3cccc(-n5c6ccccc6c6cc7c8ccccc8n(-c8ccccc8)c7cc65)c34)cc3c4ccccc4n1c23. The Balaban J connectivity index is 1.02. The van der Waals surface area contributed by atoms with Gasteiger partial charge in [-0.25, -0.2) is 0 Å². The number of pyridine rings is 1. The monoisotopic (exact) mass is 765 g/mol. The maximum atomic E-state index is 13.9. The summed E-state index contributed by atoms with van der Waals surface area (Å²) in [5.74, 6) is 0. The van der Waals surface area contributed by atoms with E-state index in [0.29, 0.717) is 0 Å². The highest BCUT2D eigenvalue weighted by molar-refractivity contribution is 6.23. The summed E-state index contributed by atoms with van der Waals surface area (Å²) in [6.07, 6.45) is 0. The fourth-order valence-corrected chi connectivity index (χ4v) is 10.4. The summed E-state index contributed by atoms with van der Waals surface area (Å²) in [5, 5.41) is 11.9. The van der Waals surface area contributed by atoms with Crippen molar-refractivity contribution in [3.8, 4) is 22.5 Å². The Morgan fingerprint density at radius 1 is 0.350 bits per heavy atom. The summed E-state index contributed by atoms with van der Waals surface area (Å²) < 4.78 is 13.5. The molecule has 14 rings (SSSR count). The molecule has 0 aliphatic heterocycles. The second-order valence-electron chi connectivity index (χ2n) is 16.0. The maximum Gasteiger partial charge on any atom is 0.263 e. The molecule has 0 saturated carbocycles. The van der Waals surface area contributed by atoms with E-state index in [1.165, 1.54) is 32.6 Å². The van der Waals surface area contributed by atoms with Crippen LogP contribution in [0.3, 0.4) is 0 Å². The maximum absolute atomic E-state index is 13.9. The molecule has 0 fully saturated rings. The summed E-state index contributed by atoms with van der Waals surface area (Å²) >= 11 is 0. The van der Waals surface area contributed by atoms with Crippen molar-refractivity contribution in [1.29, 1.82) is 0 Å². The van der Waals surface area contributed by atoms with E-state index in [-0.39, 0.29) is 5.56 Å². The summed E-state index contributed by atoms with van der Waals surface area (Å²) in [4.78, 5) is 13.9. The highest BCUT2D eigenvalue weighted by Crippen LogP contribution is 2.44. The van der Waals surface area contributed by atoms with E-state index in [2.05, 4.69) is 167 Å². The van der Waals surface area contributed by atoms with Crippen LogP contribution < -0.4 is 5.56 Å². The normalized spacial score (nSPS) is 12.4. The van der Waals surface area contributed by atoms with Crippen molar-refractivity contribution in [1.82, 2.24) is 13.5 Å². The summed E-state index contributed by atoms with van der Waals surface area (Å²) in [6, 6.07) is 66.6. The average molecular weight is 766 g/mol. The van der Waals surface area contributed by atoms with E-state index in [1.807, 2.05) is 34.7 Å². The minimum Gasteiger partial charge on any atom is -0.456 e. The molecule has 0 amide bonds. The van der Waals surface area contributed by atoms with Gasteiger partial charge in [-0.05, 0) is 101 Å². The van der Waals surface area contributed by atoms with E-state index in [4.69, 9.17) is 4.42 Å². The molecule has 5 nitrogen and oxygen atoms in total. The van der Waals surface area contributed by atoms with Gasteiger partial charge in [0.2, 0.25) is 0 Å². The zero-order valence-electron chi connectivity index (χ0n) is 32.1. The zero-order chi connectivity index (χ0) is 39.2. The van der Waals surface area contributed by atoms with Gasteiger partial charge in [-0.2, -0.15) is 0 Å². The van der Waals surface area contributed by atoms with Gasteiger partial charge in [-0.15, -0.1) is 0 Å². The van der Waals surface area contributed by atoms with Crippen molar-refractivity contribution < 1.29 is 4.42 Å². The Hall–Kier alpha value is -8.15. The van der Waals surface area contributed by atoms with E-state index in [1.54, 1.807) is 0 Å². The van der Waals surface area contributed by atoms with Crippen molar-refractivity contribution >= 4 is 104 Å². The van der Waals surface area contributed by atoms with Crippen molar-refractivity contribution in [3.05, 3.63) is 198 Å². The lowest BCUT2D eigenvalue weighted by Crippen LogP contribution is -2.12. The first-order valence-corrected chi connectivity index (χ1v) is 20.4. The number of nitrogens with zero attached hydrogens (tertiary/aromatic N) is 3. The molecule has 0 saturated heterocycles. The van der Waals surface area contributed by atoms with E-state index >= 15 is 0 Å². The molecule has 9 aromatic carbocycles. The van der Waals surface area contributed by atoms with Crippen LogP contribution in [0.25, 0.3) is 126 Å². The molecule has 60 heavy (non-hydrogen) atoms. The highest BCUT2D eigenvalue weighted by atomic mass is 16.3. The Morgan fingerprint density at radius 2 is 0.950 bits per heavy atom. The van der Waals surface area contributed by atoms with E-state index < -0.39 is 0 Å². The molecule has 5 heterocycles. The lowest BCUT2D eigenvalue weighted by atomic mass is 9.97. The lowest BCUT2D eigenvalue weighted by Gasteiger charge is -2.11. The van der Waals surface area contributed by atoms with Crippen LogP contribution in [0.1, 0.15) is 0 Å². The van der Waals surface area contributed by atoms with Crippen LogP contribution in [0.5, 0.6) is 0 Å². The third kappa shape index (κ3) is 4.08. The molecule has 0 N–H and O–H groups in total. The number of aromatic nitrogens is 3. The molecular formula is C55H31N3O2. The van der Waals surface area contributed by atoms with Crippen LogP contribution in [0.4, 0.5) is 0 Å². The zero-order valence-corrected chi connectivity index (χ0v) is 32.1. The van der Waals surface area contributed by atoms with Crippen LogP contribution in [-0.4, -0.2) is 13.5 Å². The molecule has 5 heteroatoms. The van der Waals surface area contributed by atoms with Gasteiger partial charge in [0, 0.05) is 54.2 Å². The average Bonchev–Trinajstić information content (AvgIpc) is 4.04. The molecular weight excluding hydrogens is 735 g/mol. The molecule has 0 radical (unpaired) electrons. The number of fused-ring (bicyclic) bond motifs is 14. The van der Waals surface area contributed by atoms with Crippen LogP contribution in [0.15, 0.2) is 197 Å². The molecule has 0 spiro atoms. The second kappa shape index (κ2) is 11.5. The molecule has 0 aliphatic rings. The van der Waals surface area contributed by atoms with Gasteiger partial charge in [0.25, 0.3) is 5.56 Å². The van der Waals surface area contributed by atoms with Crippen LogP contribution >= 0.6 is 0 Å². The minimum atomic E-state index is 0.0165. The second-order valence-corrected chi connectivity index (χ2v) is 16.0. The van der Waals surface area contributed by atoms with Gasteiger partial charge in [-0.3, -0.25) is 9.20 Å². The largest absolute Gasteiger partial charge is 0.456 e. The van der Waals surface area contributed by atoms with Gasteiger partial charge < -0.3 is 13.6 Å². The van der Waals surface area contributed by atoms with Gasteiger partial charge in [0.1, 0.15) is 11.2 Å². The van der Waals surface area contributed by atoms with Crippen molar-refractivity contribution in [2.75, 3.05) is 0 Å². The van der Waals surface area contributed by atoms with Gasteiger partial charge in [0.05, 0.1) is 44.2 Å². The Kier molecular flexibility index (Phi) is 6.11. The molecule has 0 aliphatic carbocycles. The van der Waals surface area contributed by atoms with Crippen LogP contribution in [-0.2, 0) is 0 Å². The molecule has 278 valence electrons. The summed E-state index contributed by atoms with van der Waals surface area (Å²) in [5.41, 5.74) is 12.6. The number of hydrogen-bond donors (Lipinski definition) is 0. The van der Waals surface area contributed by atoms with Gasteiger partial charge in [-0.1, -0.05) is 103 Å². The fourth-order valence-electron chi connectivity index (χ4n) is 10.4. The molecule has 0 bridgehead atoms. The standard InChI is InChI=1S/C55H31N3O2/c59-55-39-19-5-4-15-35(39)43-27-33(28-44-38-18-8-11-22-47(38)58(55)54(43)44)32-25-26-40-52(29-32)60-51-24-12-23-48(53(40)51)57-46-21-10-7-17-37(46)42-30-41-36-16-6-9-20-45(36)56(49(41)31-50(42)57)34-13-2-1-3-14-34/h1-31H. The van der Waals surface area contributed by atoms with Crippen LogP contribution in [0, 0.1) is 0 Å². The first-order chi connectivity index (χ1) is 29.7. The molecule has 5 aromatic heterocycles. The third-order valence-electron chi connectivity index (χ3n) is 12.9. The van der Waals surface area contributed by atoms with Gasteiger partial charge >= 0.3 is 0 Å². The predicted octanol–water partition coefficient (Wildman–Crippen LogP) is 14.0. The number of furan rings is 1. The number of benzene rings is 9. The smallest absolute Gasteiger partial charge is 0.263 e. The predicted molar refractivity (Wildman–Crippen MR) is 249 cm³/mol. The fraction of sp³-hybridized carbons (Fsp3) is 0. The van der Waals surface area contributed by atoms with Crippen molar-refractivity contribution in [3.63, 3.8) is 0 Å². The third-order valence-corrected chi connectivity index (χ3v) is 12.9. The molecule has 14 aromatic rings. The van der Waals surface area contributed by atoms with Crippen LogP contribution in [0.2, 0.25) is 0 Å². The summed E-state index contributed by atoms with van der Waals surface area (Å²) in [7, 11) is 0. The lowest BCUT2D eigenvalue weighted by molar-refractivity contribution is 0.669. The Labute approximate surface area is 341 Å². The number of para-hydroxylation sites is 4. The van der Waals surface area contributed by atoms with E-state index in [0.717, 1.165) is 93.4 Å². The highest BCUT2D eigenvalue weighted by Gasteiger charge is 2.22. The Morgan fingerprint density at radius 3 is 1.70 bits per heavy atom. The van der Waals surface area contributed by atoms with Crippen molar-refractivity contribution in [2.45, 2.75) is 0 Å². The first kappa shape index (κ1) is 31.9. The quantitative estimate of drug-likeness (QED) is 0.168.